The van der Waals surface area contributed by atoms with E-state index >= 15 is 0 Å². The monoisotopic (exact) mass is 379 g/mol. The maximum atomic E-state index is 12.7. The Bertz CT molecular complexity index is 984. The van der Waals surface area contributed by atoms with Gasteiger partial charge in [-0.25, -0.2) is 0 Å². The van der Waals surface area contributed by atoms with Crippen LogP contribution >= 0.6 is 12.2 Å². The first-order valence-electron chi connectivity index (χ1n) is 8.59. The number of hydrogen-bond donors (Lipinski definition) is 1. The number of carbonyl (C=O) groups excluding carboxylic acids is 2. The van der Waals surface area contributed by atoms with Crippen molar-refractivity contribution in [3.63, 3.8) is 0 Å². The number of nitrogens with zero attached hydrogens (tertiary/aromatic N) is 2. The van der Waals surface area contributed by atoms with Gasteiger partial charge in [0.2, 0.25) is 0 Å². The molecule has 1 aromatic carbocycles. The average molecular weight is 379 g/mol. The first kappa shape index (κ1) is 18.8. The second-order valence-electron chi connectivity index (χ2n) is 6.52. The minimum Gasteiger partial charge on any atom is -0.318 e. The van der Waals surface area contributed by atoms with Crippen LogP contribution < -0.4 is 5.32 Å². The third-order valence-corrected chi connectivity index (χ3v) is 4.88. The predicted octanol–water partition coefficient (Wildman–Crippen LogP) is 3.22. The van der Waals surface area contributed by atoms with Gasteiger partial charge in [-0.2, -0.15) is 0 Å². The van der Waals surface area contributed by atoms with Gasteiger partial charge in [-0.1, -0.05) is 23.8 Å². The second kappa shape index (κ2) is 7.32. The molecule has 27 heavy (non-hydrogen) atoms. The molecule has 2 heterocycles. The van der Waals surface area contributed by atoms with Crippen molar-refractivity contribution < 1.29 is 9.59 Å². The summed E-state index contributed by atoms with van der Waals surface area (Å²) in [6.45, 7) is 9.89. The van der Waals surface area contributed by atoms with Crippen LogP contribution in [0.5, 0.6) is 0 Å². The molecular formula is C21H21N3O2S. The lowest BCUT2D eigenvalue weighted by molar-refractivity contribution is -0.128. The standard InChI is InChI=1S/C21H21N3O2S/c1-5-10-23-20(26)18(19(25)22-21(23)27)12-16-11-14(3)24(15(16)4)17-8-6-13(2)7-9-17/h5-9,11-12H,1,10H2,2-4H3,(H,22,25,27)/b18-12+. The highest BCUT2D eigenvalue weighted by atomic mass is 32.1. The van der Waals surface area contributed by atoms with E-state index in [-0.39, 0.29) is 17.2 Å². The van der Waals surface area contributed by atoms with Gasteiger partial charge in [-0.3, -0.25) is 19.8 Å². The zero-order valence-corrected chi connectivity index (χ0v) is 16.4. The van der Waals surface area contributed by atoms with E-state index in [0.29, 0.717) is 0 Å². The molecule has 1 aromatic heterocycles. The Kier molecular flexibility index (Phi) is 5.10. The smallest absolute Gasteiger partial charge is 0.265 e. The van der Waals surface area contributed by atoms with Crippen LogP contribution in [0, 0.1) is 20.8 Å². The lowest BCUT2D eigenvalue weighted by atomic mass is 10.1. The lowest BCUT2D eigenvalue weighted by Gasteiger charge is -2.27. The largest absolute Gasteiger partial charge is 0.318 e. The molecule has 138 valence electrons. The third-order valence-electron chi connectivity index (χ3n) is 4.56. The van der Waals surface area contributed by atoms with Gasteiger partial charge in [-0.05, 0) is 62.8 Å². The summed E-state index contributed by atoms with van der Waals surface area (Å²) in [5.41, 5.74) is 5.08. The number of aromatic nitrogens is 1. The Labute approximate surface area is 164 Å². The maximum absolute atomic E-state index is 12.7. The van der Waals surface area contributed by atoms with E-state index in [1.165, 1.54) is 10.5 Å². The quantitative estimate of drug-likeness (QED) is 0.384. The van der Waals surface area contributed by atoms with Crippen LogP contribution in [0.25, 0.3) is 11.8 Å². The summed E-state index contributed by atoms with van der Waals surface area (Å²) in [5, 5.41) is 2.67. The summed E-state index contributed by atoms with van der Waals surface area (Å²) in [6, 6.07) is 10.2. The summed E-state index contributed by atoms with van der Waals surface area (Å²) >= 11 is 5.08. The molecule has 0 spiro atoms. The molecule has 1 N–H and O–H groups in total. The molecule has 0 bridgehead atoms. The number of carbonyl (C=O) groups is 2. The first-order chi connectivity index (χ1) is 12.8. The SMILES string of the molecule is C=CCN1C(=O)/C(=C/c2cc(C)n(-c3ccc(C)cc3)c2C)C(=O)NC1=S. The number of nitrogens with one attached hydrogen (secondary N) is 1. The van der Waals surface area contributed by atoms with Gasteiger partial charge in [0, 0.05) is 23.6 Å². The van der Waals surface area contributed by atoms with E-state index in [4.69, 9.17) is 12.2 Å². The zero-order chi connectivity index (χ0) is 19.7. The third kappa shape index (κ3) is 3.48. The maximum Gasteiger partial charge on any atom is 0.265 e. The number of rotatable bonds is 4. The Morgan fingerprint density at radius 2 is 1.81 bits per heavy atom. The fraction of sp³-hybridized carbons (Fsp3) is 0.190. The van der Waals surface area contributed by atoms with Crippen molar-refractivity contribution in [1.29, 1.82) is 0 Å². The minimum atomic E-state index is -0.481. The molecule has 1 aliphatic heterocycles. The molecule has 5 nitrogen and oxygen atoms in total. The van der Waals surface area contributed by atoms with Gasteiger partial charge in [0.05, 0.1) is 0 Å². The van der Waals surface area contributed by atoms with E-state index in [0.717, 1.165) is 22.6 Å². The second-order valence-corrected chi connectivity index (χ2v) is 6.91. The summed E-state index contributed by atoms with van der Waals surface area (Å²) in [5.74, 6) is -0.894. The van der Waals surface area contributed by atoms with Crippen molar-refractivity contribution in [2.75, 3.05) is 6.54 Å². The molecule has 0 radical (unpaired) electrons. The molecule has 0 unspecified atom stereocenters. The van der Waals surface area contributed by atoms with Crippen LogP contribution in [0.1, 0.15) is 22.5 Å². The van der Waals surface area contributed by atoms with E-state index in [2.05, 4.69) is 40.7 Å². The molecule has 3 rings (SSSR count). The van der Waals surface area contributed by atoms with Gasteiger partial charge in [0.1, 0.15) is 5.57 Å². The van der Waals surface area contributed by atoms with Crippen LogP contribution in [0.3, 0.4) is 0 Å². The van der Waals surface area contributed by atoms with Gasteiger partial charge >= 0.3 is 0 Å². The summed E-state index contributed by atoms with van der Waals surface area (Å²) in [6.07, 6.45) is 3.20. The van der Waals surface area contributed by atoms with E-state index in [1.54, 1.807) is 12.2 Å². The molecule has 1 saturated heterocycles. The molecule has 2 amide bonds. The molecule has 0 atom stereocenters. The molecule has 2 aromatic rings. The van der Waals surface area contributed by atoms with Crippen molar-refractivity contribution in [1.82, 2.24) is 14.8 Å². The highest BCUT2D eigenvalue weighted by molar-refractivity contribution is 7.80. The summed E-state index contributed by atoms with van der Waals surface area (Å²) in [4.78, 5) is 26.4. The van der Waals surface area contributed by atoms with Crippen LogP contribution in [0.4, 0.5) is 0 Å². The van der Waals surface area contributed by atoms with E-state index < -0.39 is 11.8 Å². The molecule has 0 aliphatic carbocycles. The van der Waals surface area contributed by atoms with Gasteiger partial charge in [0.15, 0.2) is 5.11 Å². The molecule has 1 fully saturated rings. The van der Waals surface area contributed by atoms with Crippen LogP contribution in [0.15, 0.2) is 48.6 Å². The summed E-state index contributed by atoms with van der Waals surface area (Å²) < 4.78 is 2.10. The van der Waals surface area contributed by atoms with Crippen LogP contribution in [-0.4, -0.2) is 32.9 Å². The van der Waals surface area contributed by atoms with Crippen molar-refractivity contribution in [2.45, 2.75) is 20.8 Å². The van der Waals surface area contributed by atoms with Crippen molar-refractivity contribution in [3.05, 3.63) is 71.1 Å². The molecule has 0 saturated carbocycles. The number of amides is 2. The predicted molar refractivity (Wildman–Crippen MR) is 111 cm³/mol. The summed E-state index contributed by atoms with van der Waals surface area (Å²) in [7, 11) is 0. The normalized spacial score (nSPS) is 16.0. The number of hydrogen-bond acceptors (Lipinski definition) is 3. The molecular weight excluding hydrogens is 358 g/mol. The van der Waals surface area contributed by atoms with Gasteiger partial charge in [0.25, 0.3) is 11.8 Å². The lowest BCUT2D eigenvalue weighted by Crippen LogP contribution is -2.53. The average Bonchev–Trinajstić information content (AvgIpc) is 2.90. The Hall–Kier alpha value is -2.99. The fourth-order valence-electron chi connectivity index (χ4n) is 3.17. The number of benzene rings is 1. The zero-order valence-electron chi connectivity index (χ0n) is 15.6. The van der Waals surface area contributed by atoms with Crippen molar-refractivity contribution in [3.8, 4) is 5.69 Å². The number of thiocarbonyl (C=S) groups is 1. The highest BCUT2D eigenvalue weighted by Gasteiger charge is 2.32. The first-order valence-corrected chi connectivity index (χ1v) is 9.00. The van der Waals surface area contributed by atoms with Gasteiger partial charge < -0.3 is 4.57 Å². The Morgan fingerprint density at radius 1 is 1.15 bits per heavy atom. The number of aryl methyl sites for hydroxylation is 2. The van der Waals surface area contributed by atoms with Crippen molar-refractivity contribution in [2.24, 2.45) is 0 Å². The minimum absolute atomic E-state index is 0.0645. The molecule has 6 heteroatoms. The van der Waals surface area contributed by atoms with Crippen LogP contribution in [-0.2, 0) is 9.59 Å². The van der Waals surface area contributed by atoms with Gasteiger partial charge in [-0.15, -0.1) is 6.58 Å². The fourth-order valence-corrected chi connectivity index (χ4v) is 3.42. The topological polar surface area (TPSA) is 54.3 Å². The van der Waals surface area contributed by atoms with E-state index in [9.17, 15) is 9.59 Å². The molecule has 1 aliphatic rings. The van der Waals surface area contributed by atoms with E-state index in [1.807, 2.05) is 26.8 Å². The van der Waals surface area contributed by atoms with Crippen molar-refractivity contribution >= 4 is 35.2 Å². The van der Waals surface area contributed by atoms with Crippen LogP contribution in [0.2, 0.25) is 0 Å². The Morgan fingerprint density at radius 3 is 2.44 bits per heavy atom. The Balaban J connectivity index is 2.04. The highest BCUT2D eigenvalue weighted by Crippen LogP contribution is 2.24.